The average Bonchev–Trinajstić information content (AvgIpc) is 2.59. The van der Waals surface area contributed by atoms with Crippen LogP contribution in [0.15, 0.2) is 48.3 Å². The normalized spacial score (nSPS) is 19.7. The van der Waals surface area contributed by atoms with Crippen LogP contribution >= 0.6 is 0 Å². The first kappa shape index (κ1) is 22.1. The lowest BCUT2D eigenvalue weighted by molar-refractivity contribution is -0.303. The van der Waals surface area contributed by atoms with Crippen LogP contribution in [0.25, 0.3) is 0 Å². The maximum Gasteiger partial charge on any atom is 0.573 e. The Bertz CT molecular complexity index is 698. The van der Waals surface area contributed by atoms with E-state index in [-0.39, 0.29) is 29.5 Å². The molecule has 28 heavy (non-hydrogen) atoms. The molecule has 0 bridgehead atoms. The standard InChI is InChI=1S/C18H20F6N2O2/c1-25-15(11-3-7-13(8-4-11)27-17(19,20)21)16(26-2)12-5-9-14(10-6-12)28-18(22,23)24/h3-5,7-10,12,15-16,25-26H,6H2,1-2H3/t12?,15-,16-/m1/s1. The Morgan fingerprint density at radius 3 is 1.96 bits per heavy atom. The van der Waals surface area contributed by atoms with Crippen LogP contribution in [0, 0.1) is 5.92 Å². The summed E-state index contributed by atoms with van der Waals surface area (Å²) >= 11 is 0. The molecule has 0 radical (unpaired) electrons. The average molecular weight is 410 g/mol. The summed E-state index contributed by atoms with van der Waals surface area (Å²) in [7, 11) is 3.39. The molecule has 0 aliphatic heterocycles. The highest BCUT2D eigenvalue weighted by atomic mass is 19.4. The molecule has 0 aromatic heterocycles. The molecule has 0 amide bonds. The number of hydrogen-bond donors (Lipinski definition) is 2. The Balaban J connectivity index is 2.11. The zero-order valence-electron chi connectivity index (χ0n) is 15.1. The minimum Gasteiger partial charge on any atom is -0.406 e. The first-order valence-corrected chi connectivity index (χ1v) is 8.36. The van der Waals surface area contributed by atoms with E-state index in [2.05, 4.69) is 20.1 Å². The van der Waals surface area contributed by atoms with Gasteiger partial charge in [0.1, 0.15) is 11.5 Å². The third-order valence-electron chi connectivity index (χ3n) is 4.27. The minimum atomic E-state index is -4.77. The largest absolute Gasteiger partial charge is 0.573 e. The molecule has 1 aromatic carbocycles. The molecule has 1 aliphatic rings. The van der Waals surface area contributed by atoms with Gasteiger partial charge in [-0.2, -0.15) is 0 Å². The van der Waals surface area contributed by atoms with Gasteiger partial charge in [-0.3, -0.25) is 0 Å². The number of likely N-dealkylation sites (N-methyl/N-ethyl adjacent to an activating group) is 2. The Kier molecular flexibility index (Phi) is 7.00. The predicted octanol–water partition coefficient (Wildman–Crippen LogP) is 4.43. The van der Waals surface area contributed by atoms with Crippen molar-refractivity contribution in [3.8, 4) is 5.75 Å². The van der Waals surface area contributed by atoms with Crippen LogP contribution in [0.1, 0.15) is 18.0 Å². The molecule has 0 heterocycles. The molecule has 4 nitrogen and oxygen atoms in total. The van der Waals surface area contributed by atoms with Crippen LogP contribution in [0.2, 0.25) is 0 Å². The summed E-state index contributed by atoms with van der Waals surface area (Å²) in [5, 5.41) is 6.21. The van der Waals surface area contributed by atoms with Gasteiger partial charge in [-0.05, 0) is 56.3 Å². The summed E-state index contributed by atoms with van der Waals surface area (Å²) < 4.78 is 81.5. The minimum absolute atomic E-state index is 0.158. The summed E-state index contributed by atoms with van der Waals surface area (Å²) in [5.41, 5.74) is 0.700. The van der Waals surface area contributed by atoms with Gasteiger partial charge in [-0.25, -0.2) is 0 Å². The van der Waals surface area contributed by atoms with E-state index in [1.807, 2.05) is 0 Å². The van der Waals surface area contributed by atoms with Crippen molar-refractivity contribution < 1.29 is 35.8 Å². The number of allylic oxidation sites excluding steroid dienone is 2. The molecule has 3 atom stereocenters. The summed E-state index contributed by atoms with van der Waals surface area (Å²) in [5.74, 6) is -0.760. The highest BCUT2D eigenvalue weighted by Gasteiger charge is 2.34. The Hall–Kier alpha value is -2.20. The Labute approximate surface area is 158 Å². The highest BCUT2D eigenvalue weighted by Crippen LogP contribution is 2.31. The quantitative estimate of drug-likeness (QED) is 0.653. The van der Waals surface area contributed by atoms with Crippen molar-refractivity contribution in [3.63, 3.8) is 0 Å². The summed E-state index contributed by atoms with van der Waals surface area (Å²) in [6.07, 6.45) is -4.98. The molecule has 0 saturated carbocycles. The van der Waals surface area contributed by atoms with Crippen molar-refractivity contribution in [2.45, 2.75) is 31.2 Å². The first-order valence-electron chi connectivity index (χ1n) is 8.36. The van der Waals surface area contributed by atoms with Gasteiger partial charge in [0, 0.05) is 12.1 Å². The van der Waals surface area contributed by atoms with E-state index < -0.39 is 12.7 Å². The third-order valence-corrected chi connectivity index (χ3v) is 4.27. The Morgan fingerprint density at radius 1 is 0.929 bits per heavy atom. The fourth-order valence-electron chi connectivity index (χ4n) is 3.15. The third kappa shape index (κ3) is 6.45. The fraction of sp³-hybridized carbons (Fsp3) is 0.444. The molecular formula is C18H20F6N2O2. The predicted molar refractivity (Wildman–Crippen MR) is 90.2 cm³/mol. The van der Waals surface area contributed by atoms with Crippen LogP contribution in [-0.4, -0.2) is 32.9 Å². The molecule has 156 valence electrons. The second-order valence-corrected chi connectivity index (χ2v) is 6.11. The van der Waals surface area contributed by atoms with Crippen molar-refractivity contribution in [2.24, 2.45) is 5.92 Å². The van der Waals surface area contributed by atoms with Crippen LogP contribution in [0.5, 0.6) is 5.75 Å². The molecule has 1 aliphatic carbocycles. The number of ether oxygens (including phenoxy) is 2. The first-order chi connectivity index (χ1) is 13.0. The summed E-state index contributed by atoms with van der Waals surface area (Å²) in [6.45, 7) is 0. The van der Waals surface area contributed by atoms with Gasteiger partial charge in [0.15, 0.2) is 0 Å². The van der Waals surface area contributed by atoms with Gasteiger partial charge in [-0.15, -0.1) is 26.3 Å². The lowest BCUT2D eigenvalue weighted by Gasteiger charge is -2.33. The number of alkyl halides is 6. The van der Waals surface area contributed by atoms with Crippen molar-refractivity contribution in [1.82, 2.24) is 10.6 Å². The number of hydrogen-bond acceptors (Lipinski definition) is 4. The van der Waals surface area contributed by atoms with Gasteiger partial charge in [0.2, 0.25) is 0 Å². The lowest BCUT2D eigenvalue weighted by Crippen LogP contribution is -2.43. The SMILES string of the molecule is CN[C@H](c1ccc(OC(F)(F)F)cc1)[C@H](NC)C1C=CC(OC(F)(F)F)=CC1. The molecular weight excluding hydrogens is 390 g/mol. The Morgan fingerprint density at radius 2 is 1.54 bits per heavy atom. The second-order valence-electron chi connectivity index (χ2n) is 6.11. The van der Waals surface area contributed by atoms with Crippen molar-refractivity contribution in [2.75, 3.05) is 14.1 Å². The highest BCUT2D eigenvalue weighted by molar-refractivity contribution is 5.31. The van der Waals surface area contributed by atoms with Gasteiger partial charge >= 0.3 is 12.7 Å². The van der Waals surface area contributed by atoms with Crippen molar-refractivity contribution in [1.29, 1.82) is 0 Å². The van der Waals surface area contributed by atoms with Gasteiger partial charge in [0.25, 0.3) is 0 Å². The fourth-order valence-corrected chi connectivity index (χ4v) is 3.15. The number of nitrogens with one attached hydrogen (secondary N) is 2. The van der Waals surface area contributed by atoms with E-state index >= 15 is 0 Å². The zero-order valence-corrected chi connectivity index (χ0v) is 15.1. The van der Waals surface area contributed by atoms with E-state index in [0.29, 0.717) is 12.0 Å². The van der Waals surface area contributed by atoms with Crippen LogP contribution < -0.4 is 15.4 Å². The van der Waals surface area contributed by atoms with E-state index in [1.54, 1.807) is 20.2 Å². The summed E-state index contributed by atoms with van der Waals surface area (Å²) in [4.78, 5) is 0. The monoisotopic (exact) mass is 410 g/mol. The van der Waals surface area contributed by atoms with Crippen LogP contribution in [0.4, 0.5) is 26.3 Å². The second kappa shape index (κ2) is 8.87. The molecule has 2 N–H and O–H groups in total. The molecule has 1 aromatic rings. The molecule has 0 saturated heterocycles. The van der Waals surface area contributed by atoms with E-state index in [9.17, 15) is 26.3 Å². The van der Waals surface area contributed by atoms with Crippen LogP contribution in [0.3, 0.4) is 0 Å². The van der Waals surface area contributed by atoms with E-state index in [4.69, 9.17) is 0 Å². The van der Waals surface area contributed by atoms with Crippen molar-refractivity contribution >= 4 is 0 Å². The molecule has 0 fully saturated rings. The van der Waals surface area contributed by atoms with Crippen molar-refractivity contribution in [3.05, 3.63) is 53.8 Å². The van der Waals surface area contributed by atoms with E-state index in [1.165, 1.54) is 36.4 Å². The van der Waals surface area contributed by atoms with E-state index in [0.717, 1.165) is 0 Å². The number of halogens is 6. The van der Waals surface area contributed by atoms with Gasteiger partial charge < -0.3 is 20.1 Å². The lowest BCUT2D eigenvalue weighted by atomic mass is 9.85. The van der Waals surface area contributed by atoms with Gasteiger partial charge in [0.05, 0.1) is 0 Å². The topological polar surface area (TPSA) is 42.5 Å². The number of rotatable bonds is 7. The maximum absolute atomic E-state index is 12.3. The molecule has 2 rings (SSSR count). The summed E-state index contributed by atoms with van der Waals surface area (Å²) in [6, 6.07) is 4.90. The zero-order chi connectivity index (χ0) is 20.9. The molecule has 0 spiro atoms. The van der Waals surface area contributed by atoms with Crippen LogP contribution in [-0.2, 0) is 4.74 Å². The molecule has 1 unspecified atom stereocenters. The molecule has 10 heteroatoms. The number of benzene rings is 1. The smallest absolute Gasteiger partial charge is 0.406 e. The van der Waals surface area contributed by atoms with Gasteiger partial charge in [-0.1, -0.05) is 18.2 Å². The maximum atomic E-state index is 12.3.